The maximum absolute atomic E-state index is 14.0. The first-order valence-corrected chi connectivity index (χ1v) is 8.42. The predicted octanol–water partition coefficient (Wildman–Crippen LogP) is 0.137. The van der Waals surface area contributed by atoms with Crippen LogP contribution in [0.2, 0.25) is 0 Å². The number of rotatable bonds is 6. The van der Waals surface area contributed by atoms with Gasteiger partial charge in [-0.3, -0.25) is 9.69 Å². The molecule has 1 heterocycles. The van der Waals surface area contributed by atoms with Crippen LogP contribution in [0.4, 0.5) is 4.39 Å². The summed E-state index contributed by atoms with van der Waals surface area (Å²) in [5.74, 6) is -0.807. The molecule has 1 aliphatic rings. The highest BCUT2D eigenvalue weighted by atomic mass is 35.5. The summed E-state index contributed by atoms with van der Waals surface area (Å²) in [5.41, 5.74) is 1.30. The van der Waals surface area contributed by atoms with Gasteiger partial charge >= 0.3 is 0 Å². The lowest BCUT2D eigenvalue weighted by atomic mass is 9.90. The number of nitrogens with zero attached hydrogens (tertiary/aromatic N) is 1. The third-order valence-electron chi connectivity index (χ3n) is 4.50. The second-order valence-electron chi connectivity index (χ2n) is 6.09. The fourth-order valence-electron chi connectivity index (χ4n) is 3.09. The van der Waals surface area contributed by atoms with Crippen LogP contribution in [0.1, 0.15) is 21.8 Å². The van der Waals surface area contributed by atoms with E-state index in [1.165, 1.54) is 19.2 Å². The molecule has 0 aliphatic carbocycles. The number of halogens is 2. The third-order valence-corrected chi connectivity index (χ3v) is 4.50. The van der Waals surface area contributed by atoms with Crippen LogP contribution in [0.25, 0.3) is 0 Å². The molecule has 6 heteroatoms. The van der Waals surface area contributed by atoms with Crippen molar-refractivity contribution in [3.63, 3.8) is 0 Å². The summed E-state index contributed by atoms with van der Waals surface area (Å²) in [6, 6.07) is 14.0. The quantitative estimate of drug-likeness (QED) is 0.670. The molecule has 1 unspecified atom stereocenters. The summed E-state index contributed by atoms with van der Waals surface area (Å²) in [6.07, 6.45) is 0. The van der Waals surface area contributed by atoms with Gasteiger partial charge < -0.3 is 21.9 Å². The maximum Gasteiger partial charge on any atom is 0.171 e. The van der Waals surface area contributed by atoms with E-state index in [-0.39, 0.29) is 29.9 Å². The lowest BCUT2D eigenvalue weighted by Crippen LogP contribution is -3.00. The molecule has 1 saturated heterocycles. The van der Waals surface area contributed by atoms with Gasteiger partial charge in [-0.05, 0) is 23.8 Å². The molecule has 2 aromatic rings. The summed E-state index contributed by atoms with van der Waals surface area (Å²) in [5, 5.41) is 0. The zero-order valence-electron chi connectivity index (χ0n) is 14.7. The molecule has 1 aliphatic heterocycles. The Morgan fingerprint density at radius 2 is 1.88 bits per heavy atom. The molecule has 0 radical (unpaired) electrons. The second kappa shape index (κ2) is 9.67. The van der Waals surface area contributed by atoms with Crippen molar-refractivity contribution in [2.24, 2.45) is 0 Å². The summed E-state index contributed by atoms with van der Waals surface area (Å²) >= 11 is 0. The fraction of sp³-hybridized carbons (Fsp3) is 0.350. The van der Waals surface area contributed by atoms with E-state index in [2.05, 4.69) is 4.90 Å². The Hall–Kier alpha value is -1.95. The monoisotopic (exact) mass is 378 g/mol. The van der Waals surface area contributed by atoms with Crippen LogP contribution >= 0.6 is 0 Å². The largest absolute Gasteiger partial charge is 1.00 e. The van der Waals surface area contributed by atoms with E-state index in [0.717, 1.165) is 18.7 Å². The van der Waals surface area contributed by atoms with E-state index < -0.39 is 5.82 Å². The maximum atomic E-state index is 14.0. The minimum Gasteiger partial charge on any atom is -1.00 e. The fourth-order valence-corrected chi connectivity index (χ4v) is 3.09. The van der Waals surface area contributed by atoms with Gasteiger partial charge in [-0.1, -0.05) is 30.3 Å². The molecule has 0 N–H and O–H groups in total. The molecule has 0 spiro atoms. The lowest BCUT2D eigenvalue weighted by Gasteiger charge is -2.30. The number of benzene rings is 2. The van der Waals surface area contributed by atoms with Crippen molar-refractivity contribution >= 4 is 5.78 Å². The Bertz CT molecular complexity index is 720. The van der Waals surface area contributed by atoms with Crippen molar-refractivity contribution in [3.8, 4) is 5.75 Å². The van der Waals surface area contributed by atoms with Gasteiger partial charge in [-0.15, -0.1) is 0 Å². The van der Waals surface area contributed by atoms with Gasteiger partial charge in [-0.25, -0.2) is 4.39 Å². The number of hydrogen-bond donors (Lipinski definition) is 0. The first kappa shape index (κ1) is 20.4. The zero-order valence-corrected chi connectivity index (χ0v) is 15.4. The smallest absolute Gasteiger partial charge is 0.171 e. The van der Waals surface area contributed by atoms with Gasteiger partial charge in [0.1, 0.15) is 0 Å². The highest BCUT2D eigenvalue weighted by Gasteiger charge is 2.26. The highest BCUT2D eigenvalue weighted by molar-refractivity contribution is 6.01. The molecule has 4 nitrogen and oxygen atoms in total. The number of ketones is 1. The minimum atomic E-state index is -0.522. The molecule has 1 fully saturated rings. The van der Waals surface area contributed by atoms with Crippen molar-refractivity contribution < 1.29 is 31.1 Å². The molecule has 26 heavy (non-hydrogen) atoms. The molecule has 3 rings (SSSR count). The average Bonchev–Trinajstić information content (AvgIpc) is 2.67. The van der Waals surface area contributed by atoms with E-state index in [9.17, 15) is 9.18 Å². The molecular formula is C20H22ClFNO3-. The second-order valence-corrected chi connectivity index (χ2v) is 6.09. The number of carbonyl (C=O) groups is 1. The van der Waals surface area contributed by atoms with Crippen molar-refractivity contribution in [3.05, 3.63) is 65.5 Å². The standard InChI is InChI=1S/C20H22FNO3.ClH/c1-24-19-8-7-16(13-18(19)21)20(23)17(15-5-3-2-4-6-15)14-22-9-11-25-12-10-22;/h2-8,13,17H,9-12,14H2,1H3;1H/p-1. The summed E-state index contributed by atoms with van der Waals surface area (Å²) in [7, 11) is 1.41. The van der Waals surface area contributed by atoms with Crippen molar-refractivity contribution in [2.75, 3.05) is 40.0 Å². The number of hydrogen-bond acceptors (Lipinski definition) is 4. The minimum absolute atomic E-state index is 0. The zero-order chi connectivity index (χ0) is 17.6. The van der Waals surface area contributed by atoms with E-state index in [1.807, 2.05) is 30.3 Å². The van der Waals surface area contributed by atoms with Crippen LogP contribution in [0.5, 0.6) is 5.75 Å². The highest BCUT2D eigenvalue weighted by Crippen LogP contribution is 2.25. The topological polar surface area (TPSA) is 38.8 Å². The molecule has 0 saturated carbocycles. The molecule has 2 aromatic carbocycles. The van der Waals surface area contributed by atoms with Gasteiger partial charge in [0.2, 0.25) is 0 Å². The van der Waals surface area contributed by atoms with Crippen molar-refractivity contribution in [1.29, 1.82) is 0 Å². The van der Waals surface area contributed by atoms with E-state index in [0.29, 0.717) is 25.3 Å². The molecular weight excluding hydrogens is 357 g/mol. The van der Waals surface area contributed by atoms with Crippen molar-refractivity contribution in [2.45, 2.75) is 5.92 Å². The third kappa shape index (κ3) is 4.81. The SMILES string of the molecule is COc1ccc(C(=O)C(CN2CCOCC2)c2ccccc2)cc1F.[Cl-]. The van der Waals surface area contributed by atoms with E-state index >= 15 is 0 Å². The van der Waals surface area contributed by atoms with E-state index in [4.69, 9.17) is 9.47 Å². The van der Waals surface area contributed by atoms with Crippen molar-refractivity contribution in [1.82, 2.24) is 4.90 Å². The Balaban J connectivity index is 0.00000243. The first-order chi connectivity index (χ1) is 12.2. The van der Waals surface area contributed by atoms with Gasteiger partial charge in [0, 0.05) is 25.2 Å². The van der Waals surface area contributed by atoms with Gasteiger partial charge in [0.25, 0.3) is 0 Å². The molecule has 0 amide bonds. The van der Waals surface area contributed by atoms with Gasteiger partial charge in [0.15, 0.2) is 17.3 Å². The molecule has 140 valence electrons. The summed E-state index contributed by atoms with van der Waals surface area (Å²) in [6.45, 7) is 3.54. The molecule has 0 bridgehead atoms. The first-order valence-electron chi connectivity index (χ1n) is 8.42. The van der Waals surface area contributed by atoms with Crippen LogP contribution in [0.15, 0.2) is 48.5 Å². The van der Waals surface area contributed by atoms with Crippen LogP contribution in [0, 0.1) is 5.82 Å². The molecule has 0 aromatic heterocycles. The average molecular weight is 379 g/mol. The number of carbonyl (C=O) groups excluding carboxylic acids is 1. The lowest BCUT2D eigenvalue weighted by molar-refractivity contribution is -0.0000143. The predicted molar refractivity (Wildman–Crippen MR) is 93.7 cm³/mol. The summed E-state index contributed by atoms with van der Waals surface area (Å²) in [4.78, 5) is 15.3. The number of morpholine rings is 1. The van der Waals surface area contributed by atoms with E-state index in [1.54, 1.807) is 6.07 Å². The number of methoxy groups -OCH3 is 1. The Kier molecular flexibility index (Phi) is 7.57. The van der Waals surface area contributed by atoms with Gasteiger partial charge in [-0.2, -0.15) is 0 Å². The summed E-state index contributed by atoms with van der Waals surface area (Å²) < 4.78 is 24.4. The van der Waals surface area contributed by atoms with Crippen LogP contribution < -0.4 is 17.1 Å². The number of Topliss-reactive ketones (excluding diaryl/α,β-unsaturated/α-hetero) is 1. The van der Waals surface area contributed by atoms with Crippen LogP contribution in [-0.2, 0) is 4.74 Å². The number of ether oxygens (including phenoxy) is 2. The molecule has 1 atom stereocenters. The Morgan fingerprint density at radius 1 is 1.19 bits per heavy atom. The normalized spacial score (nSPS) is 15.8. The van der Waals surface area contributed by atoms with Crippen LogP contribution in [0.3, 0.4) is 0 Å². The Morgan fingerprint density at radius 3 is 2.50 bits per heavy atom. The van der Waals surface area contributed by atoms with Crippen LogP contribution in [-0.4, -0.2) is 50.6 Å². The van der Waals surface area contributed by atoms with Gasteiger partial charge in [0.05, 0.1) is 26.2 Å². The Labute approximate surface area is 159 Å².